The zero-order valence-electron chi connectivity index (χ0n) is 17.1. The summed E-state index contributed by atoms with van der Waals surface area (Å²) in [5.41, 5.74) is 0.710. The molecule has 2 fully saturated rings. The summed E-state index contributed by atoms with van der Waals surface area (Å²) in [6.07, 6.45) is 1.53. The van der Waals surface area contributed by atoms with Crippen molar-refractivity contribution in [1.29, 1.82) is 0 Å². The molecule has 1 unspecified atom stereocenters. The molecular weight excluding hydrogens is 487 g/mol. The van der Waals surface area contributed by atoms with Crippen LogP contribution >= 0.6 is 24.0 Å². The summed E-state index contributed by atoms with van der Waals surface area (Å²) in [5, 5.41) is 13.6. The number of nitrogens with zero attached hydrogens (tertiary/aromatic N) is 3. The fraction of sp³-hybridized carbons (Fsp3) is 0.600. The molecule has 162 valence electrons. The van der Waals surface area contributed by atoms with E-state index in [4.69, 9.17) is 9.47 Å². The number of ether oxygens (including phenoxy) is 2. The second-order valence-electron chi connectivity index (χ2n) is 6.95. The maximum absolute atomic E-state index is 12.5. The normalized spacial score (nSPS) is 19.7. The van der Waals surface area contributed by atoms with E-state index in [1.54, 1.807) is 6.07 Å². The molecule has 2 aliphatic rings. The van der Waals surface area contributed by atoms with Crippen LogP contribution in [0.15, 0.2) is 23.2 Å². The van der Waals surface area contributed by atoms with Gasteiger partial charge >= 0.3 is 0 Å². The Morgan fingerprint density at radius 2 is 2.03 bits per heavy atom. The topological polar surface area (TPSA) is 86.6 Å². The van der Waals surface area contributed by atoms with Gasteiger partial charge in [-0.25, -0.2) is 4.99 Å². The van der Waals surface area contributed by atoms with E-state index in [-0.39, 0.29) is 41.7 Å². The number of halogens is 1. The molecule has 1 aromatic rings. The molecule has 0 aromatic heterocycles. The quantitative estimate of drug-likeness (QED) is 0.352. The number of guanidine groups is 1. The summed E-state index contributed by atoms with van der Waals surface area (Å²) in [4.78, 5) is 21.2. The van der Waals surface area contributed by atoms with Gasteiger partial charge in [-0.3, -0.25) is 4.79 Å². The highest BCUT2D eigenvalue weighted by molar-refractivity contribution is 14.0. The van der Waals surface area contributed by atoms with Gasteiger partial charge in [-0.1, -0.05) is 12.1 Å². The minimum absolute atomic E-state index is 0. The fourth-order valence-electron chi connectivity index (χ4n) is 3.56. The first-order valence-corrected chi connectivity index (χ1v) is 9.92. The van der Waals surface area contributed by atoms with Crippen LogP contribution in [0.1, 0.15) is 25.3 Å². The Labute approximate surface area is 189 Å². The molecule has 0 aliphatic carbocycles. The molecule has 3 rings (SSSR count). The maximum Gasteiger partial charge on any atom is 0.251 e. The minimum atomic E-state index is -0.260. The van der Waals surface area contributed by atoms with E-state index in [2.05, 4.69) is 15.2 Å². The number of phenols is 1. The van der Waals surface area contributed by atoms with Gasteiger partial charge in [0.25, 0.3) is 5.91 Å². The van der Waals surface area contributed by atoms with Crippen LogP contribution in [0, 0.1) is 0 Å². The number of phenolic OH excluding ortho intramolecular Hbond substituents is 1. The molecule has 1 amide bonds. The van der Waals surface area contributed by atoms with Gasteiger partial charge in [0.1, 0.15) is 6.10 Å². The fourth-order valence-corrected chi connectivity index (χ4v) is 3.56. The van der Waals surface area contributed by atoms with Crippen LogP contribution in [0.5, 0.6) is 11.5 Å². The Hall–Kier alpha value is -1.75. The van der Waals surface area contributed by atoms with Crippen molar-refractivity contribution in [3.8, 4) is 11.5 Å². The molecule has 2 N–H and O–H groups in total. The van der Waals surface area contributed by atoms with Crippen LogP contribution in [-0.2, 0) is 16.1 Å². The molecule has 2 aliphatic heterocycles. The number of aromatic hydroxyl groups is 1. The largest absolute Gasteiger partial charge is 0.504 e. The predicted molar refractivity (Wildman–Crippen MR) is 122 cm³/mol. The molecule has 0 spiro atoms. The lowest BCUT2D eigenvalue weighted by Gasteiger charge is -2.37. The van der Waals surface area contributed by atoms with E-state index in [0.29, 0.717) is 50.6 Å². The first-order chi connectivity index (χ1) is 13.6. The molecule has 0 bridgehead atoms. The van der Waals surface area contributed by atoms with Gasteiger partial charge in [0.05, 0.1) is 13.7 Å². The second kappa shape index (κ2) is 11.4. The average Bonchev–Trinajstić information content (AvgIpc) is 3.26. The Morgan fingerprint density at radius 1 is 1.31 bits per heavy atom. The number of carbonyl (C=O) groups excluding carboxylic acids is 1. The highest BCUT2D eigenvalue weighted by atomic mass is 127. The van der Waals surface area contributed by atoms with E-state index in [1.807, 2.05) is 24.0 Å². The Kier molecular flexibility index (Phi) is 9.28. The molecule has 0 saturated carbocycles. The molecule has 2 heterocycles. The monoisotopic (exact) mass is 518 g/mol. The SMILES string of the molecule is CCNC(=NCc1cccc(OC)c1O)N1CCN(C(=O)C2CCCO2)CC1.I. The highest BCUT2D eigenvalue weighted by Gasteiger charge is 2.30. The second-order valence-corrected chi connectivity index (χ2v) is 6.95. The molecule has 1 atom stereocenters. The average molecular weight is 518 g/mol. The van der Waals surface area contributed by atoms with Gasteiger partial charge < -0.3 is 29.7 Å². The molecule has 9 heteroatoms. The first-order valence-electron chi connectivity index (χ1n) is 9.92. The van der Waals surface area contributed by atoms with Crippen molar-refractivity contribution in [2.24, 2.45) is 4.99 Å². The summed E-state index contributed by atoms with van der Waals surface area (Å²) in [6, 6.07) is 5.40. The van der Waals surface area contributed by atoms with Crippen LogP contribution in [0.2, 0.25) is 0 Å². The smallest absolute Gasteiger partial charge is 0.251 e. The summed E-state index contributed by atoms with van der Waals surface area (Å²) in [5.74, 6) is 1.46. The zero-order chi connectivity index (χ0) is 19.9. The van der Waals surface area contributed by atoms with Crippen molar-refractivity contribution in [3.05, 3.63) is 23.8 Å². The number of piperazine rings is 1. The molecular formula is C20H31IN4O4. The number of amides is 1. The van der Waals surface area contributed by atoms with Crippen molar-refractivity contribution >= 4 is 35.8 Å². The third-order valence-electron chi connectivity index (χ3n) is 5.13. The van der Waals surface area contributed by atoms with Gasteiger partial charge in [0.2, 0.25) is 0 Å². The number of nitrogens with one attached hydrogen (secondary N) is 1. The highest BCUT2D eigenvalue weighted by Crippen LogP contribution is 2.29. The number of benzene rings is 1. The molecule has 0 radical (unpaired) electrons. The van der Waals surface area contributed by atoms with E-state index in [9.17, 15) is 9.90 Å². The number of carbonyl (C=O) groups is 1. The Morgan fingerprint density at radius 3 is 2.66 bits per heavy atom. The van der Waals surface area contributed by atoms with Gasteiger partial charge in [0.15, 0.2) is 17.5 Å². The van der Waals surface area contributed by atoms with Crippen molar-refractivity contribution in [1.82, 2.24) is 15.1 Å². The van der Waals surface area contributed by atoms with E-state index >= 15 is 0 Å². The third kappa shape index (κ3) is 5.88. The third-order valence-corrected chi connectivity index (χ3v) is 5.13. The first kappa shape index (κ1) is 23.5. The van der Waals surface area contributed by atoms with Crippen LogP contribution in [0.25, 0.3) is 0 Å². The van der Waals surface area contributed by atoms with E-state index in [0.717, 1.165) is 25.3 Å². The van der Waals surface area contributed by atoms with Gasteiger partial charge in [0, 0.05) is 44.9 Å². The number of rotatable bonds is 5. The molecule has 29 heavy (non-hydrogen) atoms. The number of aliphatic imine (C=N–C) groups is 1. The minimum Gasteiger partial charge on any atom is -0.504 e. The summed E-state index contributed by atoms with van der Waals surface area (Å²) < 4.78 is 10.7. The summed E-state index contributed by atoms with van der Waals surface area (Å²) in [6.45, 7) is 6.56. The lowest BCUT2D eigenvalue weighted by molar-refractivity contribution is -0.142. The van der Waals surface area contributed by atoms with E-state index in [1.165, 1.54) is 7.11 Å². The zero-order valence-corrected chi connectivity index (χ0v) is 19.4. The number of para-hydroxylation sites is 1. The van der Waals surface area contributed by atoms with Crippen LogP contribution < -0.4 is 10.1 Å². The van der Waals surface area contributed by atoms with Crippen molar-refractivity contribution < 1.29 is 19.4 Å². The van der Waals surface area contributed by atoms with Crippen molar-refractivity contribution in [3.63, 3.8) is 0 Å². The van der Waals surface area contributed by atoms with E-state index < -0.39 is 0 Å². The van der Waals surface area contributed by atoms with Crippen LogP contribution in [0.3, 0.4) is 0 Å². The molecule has 8 nitrogen and oxygen atoms in total. The van der Waals surface area contributed by atoms with Crippen LogP contribution in [0.4, 0.5) is 0 Å². The Bertz CT molecular complexity index is 702. The van der Waals surface area contributed by atoms with Gasteiger partial charge in [-0.05, 0) is 25.8 Å². The van der Waals surface area contributed by atoms with Crippen LogP contribution in [-0.4, -0.2) is 79.3 Å². The number of hydrogen-bond acceptors (Lipinski definition) is 5. The van der Waals surface area contributed by atoms with Gasteiger partial charge in [-0.15, -0.1) is 24.0 Å². The number of methoxy groups -OCH3 is 1. The lowest BCUT2D eigenvalue weighted by atomic mass is 10.2. The Balaban J connectivity index is 0.00000300. The maximum atomic E-state index is 12.5. The van der Waals surface area contributed by atoms with Crippen molar-refractivity contribution in [2.75, 3.05) is 46.4 Å². The lowest BCUT2D eigenvalue weighted by Crippen LogP contribution is -2.55. The molecule has 1 aromatic carbocycles. The number of hydrogen-bond donors (Lipinski definition) is 2. The summed E-state index contributed by atoms with van der Waals surface area (Å²) in [7, 11) is 1.53. The molecule has 2 saturated heterocycles. The standard InChI is InChI=1S/C20H30N4O4.HI/c1-3-21-20(22-14-15-6-4-7-16(27-2)18(15)25)24-11-9-23(10-12-24)19(26)17-8-5-13-28-17;/h4,6-7,17,25H,3,5,8-14H2,1-2H3,(H,21,22);1H. The predicted octanol–water partition coefficient (Wildman–Crippen LogP) is 1.81. The summed E-state index contributed by atoms with van der Waals surface area (Å²) >= 11 is 0. The van der Waals surface area contributed by atoms with Gasteiger partial charge in [-0.2, -0.15) is 0 Å². The van der Waals surface area contributed by atoms with Crippen molar-refractivity contribution in [2.45, 2.75) is 32.4 Å².